The molecule has 0 heterocycles. The van der Waals surface area contributed by atoms with Crippen molar-refractivity contribution in [1.29, 1.82) is 0 Å². The Morgan fingerprint density at radius 3 is 2.44 bits per heavy atom. The normalized spacial score (nSPS) is 23.1. The van der Waals surface area contributed by atoms with Gasteiger partial charge >= 0.3 is 0 Å². The molecule has 2 atom stereocenters. The van der Waals surface area contributed by atoms with Gasteiger partial charge in [-0.2, -0.15) is 0 Å². The van der Waals surface area contributed by atoms with Crippen LogP contribution in [-0.4, -0.2) is 18.5 Å². The number of halogens is 2. The first-order valence-electron chi connectivity index (χ1n) is 9.76. The van der Waals surface area contributed by atoms with E-state index >= 15 is 0 Å². The van der Waals surface area contributed by atoms with E-state index in [0.717, 1.165) is 41.1 Å². The summed E-state index contributed by atoms with van der Waals surface area (Å²) in [7, 11) is 2.22. The second-order valence-electron chi connectivity index (χ2n) is 8.81. The van der Waals surface area contributed by atoms with Crippen molar-refractivity contribution in [1.82, 2.24) is 4.90 Å². The van der Waals surface area contributed by atoms with E-state index in [9.17, 15) is 0 Å². The Bertz CT molecular complexity index is 866. The van der Waals surface area contributed by atoms with Crippen LogP contribution < -0.4 is 0 Å². The summed E-state index contributed by atoms with van der Waals surface area (Å²) < 4.78 is 0. The lowest BCUT2D eigenvalue weighted by atomic mass is 9.49. The molecule has 0 aliphatic heterocycles. The predicted molar refractivity (Wildman–Crippen MR) is 116 cm³/mol. The van der Waals surface area contributed by atoms with E-state index in [-0.39, 0.29) is 0 Å². The standard InChI is InChI=1S/C24H27Cl2N/c1-24(2)19-9-8-18(22(24)12-19)15-27(3)14-16-4-6-17(7-5-16)21-13-20(25)10-11-23(21)26/h4-8,10-11,13,19,22H,9,12,14-15H2,1-3H3/t19-,22-/m0/s1. The van der Waals surface area contributed by atoms with Gasteiger partial charge in [-0.25, -0.2) is 0 Å². The van der Waals surface area contributed by atoms with E-state index in [1.165, 1.54) is 18.4 Å². The summed E-state index contributed by atoms with van der Waals surface area (Å²) >= 11 is 12.5. The van der Waals surface area contributed by atoms with Crippen molar-refractivity contribution in [3.8, 4) is 11.1 Å². The summed E-state index contributed by atoms with van der Waals surface area (Å²) in [6, 6.07) is 14.3. The Morgan fingerprint density at radius 1 is 1.04 bits per heavy atom. The third-order valence-electron chi connectivity index (χ3n) is 6.68. The topological polar surface area (TPSA) is 3.24 Å². The molecule has 0 spiro atoms. The van der Waals surface area contributed by atoms with Crippen molar-refractivity contribution in [3.05, 3.63) is 69.7 Å². The molecule has 0 radical (unpaired) electrons. The first-order valence-corrected chi connectivity index (χ1v) is 10.5. The lowest BCUT2D eigenvalue weighted by Crippen LogP contribution is -2.49. The molecule has 1 fully saturated rings. The fourth-order valence-electron chi connectivity index (χ4n) is 4.84. The number of hydrogen-bond donors (Lipinski definition) is 0. The molecule has 2 aromatic rings. The molecular weight excluding hydrogens is 373 g/mol. The van der Waals surface area contributed by atoms with Crippen LogP contribution in [0.4, 0.5) is 0 Å². The lowest BCUT2D eigenvalue weighted by Gasteiger charge is -2.57. The van der Waals surface area contributed by atoms with E-state index in [4.69, 9.17) is 23.2 Å². The zero-order valence-corrected chi connectivity index (χ0v) is 17.8. The highest BCUT2D eigenvalue weighted by atomic mass is 35.5. The molecule has 3 aliphatic carbocycles. The molecular formula is C24H27Cl2N. The Labute approximate surface area is 173 Å². The highest BCUT2D eigenvalue weighted by Gasteiger charge is 2.50. The maximum absolute atomic E-state index is 6.33. The Hall–Kier alpha value is -1.28. The van der Waals surface area contributed by atoms with E-state index < -0.39 is 0 Å². The quantitative estimate of drug-likeness (QED) is 0.485. The van der Waals surface area contributed by atoms with Gasteiger partial charge in [-0.05, 0) is 66.5 Å². The number of allylic oxidation sites excluding steroid dienone is 1. The molecule has 27 heavy (non-hydrogen) atoms. The molecule has 1 saturated carbocycles. The van der Waals surface area contributed by atoms with Gasteiger partial charge in [0.15, 0.2) is 0 Å². The minimum atomic E-state index is 0.503. The summed E-state index contributed by atoms with van der Waals surface area (Å²) in [5.41, 5.74) is 5.56. The molecule has 0 N–H and O–H groups in total. The fourth-order valence-corrected chi connectivity index (χ4v) is 5.24. The Balaban J connectivity index is 1.41. The fraction of sp³-hybridized carbons (Fsp3) is 0.417. The number of likely N-dealkylation sites (N-methyl/N-ethyl adjacent to an activating group) is 1. The van der Waals surface area contributed by atoms with Crippen molar-refractivity contribution in [2.24, 2.45) is 17.3 Å². The average Bonchev–Trinajstić information content (AvgIpc) is 2.64. The van der Waals surface area contributed by atoms with Gasteiger partial charge in [-0.15, -0.1) is 0 Å². The van der Waals surface area contributed by atoms with Crippen LogP contribution in [0, 0.1) is 17.3 Å². The van der Waals surface area contributed by atoms with Crippen molar-refractivity contribution in [2.45, 2.75) is 33.2 Å². The average molecular weight is 400 g/mol. The van der Waals surface area contributed by atoms with Gasteiger partial charge in [-0.1, -0.05) is 73.0 Å². The van der Waals surface area contributed by atoms with Crippen LogP contribution in [0.15, 0.2) is 54.1 Å². The molecule has 0 unspecified atom stereocenters. The van der Waals surface area contributed by atoms with E-state index in [1.807, 2.05) is 18.2 Å². The molecule has 3 heteroatoms. The van der Waals surface area contributed by atoms with Gasteiger partial charge in [0.2, 0.25) is 0 Å². The molecule has 2 aromatic carbocycles. The molecule has 0 saturated heterocycles. The minimum absolute atomic E-state index is 0.503. The van der Waals surface area contributed by atoms with E-state index in [1.54, 1.807) is 5.57 Å². The van der Waals surface area contributed by atoms with E-state index in [0.29, 0.717) is 10.4 Å². The predicted octanol–water partition coefficient (Wildman–Crippen LogP) is 7.08. The van der Waals surface area contributed by atoms with Crippen LogP contribution in [0.1, 0.15) is 32.3 Å². The largest absolute Gasteiger partial charge is 0.298 e. The summed E-state index contributed by atoms with van der Waals surface area (Å²) in [5, 5.41) is 1.44. The highest BCUT2D eigenvalue weighted by Crippen LogP contribution is 2.59. The zero-order valence-electron chi connectivity index (χ0n) is 16.3. The Kier molecular flexibility index (Phi) is 5.14. The summed E-state index contributed by atoms with van der Waals surface area (Å²) in [6.07, 6.45) is 5.16. The summed E-state index contributed by atoms with van der Waals surface area (Å²) in [6.45, 7) is 6.91. The molecule has 3 aliphatic rings. The highest BCUT2D eigenvalue weighted by molar-refractivity contribution is 6.35. The first-order chi connectivity index (χ1) is 12.8. The van der Waals surface area contributed by atoms with Crippen LogP contribution >= 0.6 is 23.2 Å². The number of fused-ring (bicyclic) bond motifs is 1. The molecule has 0 amide bonds. The number of benzene rings is 2. The van der Waals surface area contributed by atoms with Gasteiger partial charge in [0, 0.05) is 28.7 Å². The second-order valence-corrected chi connectivity index (χ2v) is 9.66. The number of hydrogen-bond acceptors (Lipinski definition) is 1. The van der Waals surface area contributed by atoms with Crippen molar-refractivity contribution >= 4 is 23.2 Å². The lowest BCUT2D eigenvalue weighted by molar-refractivity contribution is -0.0101. The second kappa shape index (κ2) is 7.28. The third kappa shape index (κ3) is 3.70. The Morgan fingerprint density at radius 2 is 1.78 bits per heavy atom. The van der Waals surface area contributed by atoms with Crippen molar-refractivity contribution in [3.63, 3.8) is 0 Å². The van der Waals surface area contributed by atoms with Crippen LogP contribution in [-0.2, 0) is 6.54 Å². The molecule has 1 nitrogen and oxygen atoms in total. The van der Waals surface area contributed by atoms with Crippen molar-refractivity contribution < 1.29 is 0 Å². The van der Waals surface area contributed by atoms with Crippen molar-refractivity contribution in [2.75, 3.05) is 13.6 Å². The van der Waals surface area contributed by atoms with E-state index in [2.05, 4.69) is 56.1 Å². The van der Waals surface area contributed by atoms with Gasteiger partial charge in [0.25, 0.3) is 0 Å². The van der Waals surface area contributed by atoms with Gasteiger partial charge in [0.1, 0.15) is 0 Å². The monoisotopic (exact) mass is 399 g/mol. The zero-order chi connectivity index (χ0) is 19.2. The first kappa shape index (κ1) is 19.1. The summed E-state index contributed by atoms with van der Waals surface area (Å²) in [4.78, 5) is 2.43. The van der Waals surface area contributed by atoms with Crippen LogP contribution in [0.5, 0.6) is 0 Å². The number of nitrogens with zero attached hydrogens (tertiary/aromatic N) is 1. The van der Waals surface area contributed by atoms with Crippen LogP contribution in [0.25, 0.3) is 11.1 Å². The van der Waals surface area contributed by atoms with Gasteiger partial charge in [-0.3, -0.25) is 4.90 Å². The minimum Gasteiger partial charge on any atom is -0.298 e. The molecule has 142 valence electrons. The SMILES string of the molecule is CN(CC1=CC[C@H]2C[C@@H]1C2(C)C)Cc1ccc(-c2cc(Cl)ccc2Cl)cc1. The molecule has 5 rings (SSSR count). The van der Waals surface area contributed by atoms with Crippen LogP contribution in [0.2, 0.25) is 10.0 Å². The smallest absolute Gasteiger partial charge is 0.0485 e. The maximum atomic E-state index is 6.33. The summed E-state index contributed by atoms with van der Waals surface area (Å²) in [5.74, 6) is 1.69. The van der Waals surface area contributed by atoms with Gasteiger partial charge < -0.3 is 0 Å². The maximum Gasteiger partial charge on any atom is 0.0485 e. The molecule has 2 bridgehead atoms. The number of rotatable bonds is 5. The van der Waals surface area contributed by atoms with Gasteiger partial charge in [0.05, 0.1) is 0 Å². The van der Waals surface area contributed by atoms with Crippen LogP contribution in [0.3, 0.4) is 0 Å². The molecule has 0 aromatic heterocycles. The third-order valence-corrected chi connectivity index (χ3v) is 7.25.